The molecule has 2 heterocycles. The van der Waals surface area contributed by atoms with Crippen LogP contribution in [0.2, 0.25) is 0 Å². The minimum absolute atomic E-state index is 0.197. The van der Waals surface area contributed by atoms with Crippen molar-refractivity contribution in [2.75, 3.05) is 27.2 Å². The summed E-state index contributed by atoms with van der Waals surface area (Å²) in [6.45, 7) is 1.73. The molecule has 2 rings (SSSR count). The highest BCUT2D eigenvalue weighted by Crippen LogP contribution is 2.02. The van der Waals surface area contributed by atoms with Gasteiger partial charge in [-0.05, 0) is 51.3 Å². The van der Waals surface area contributed by atoms with Crippen molar-refractivity contribution in [2.45, 2.75) is 13.0 Å². The summed E-state index contributed by atoms with van der Waals surface area (Å²) in [6, 6.07) is 8.32. The number of furan rings is 1. The molecular formula is C17H22N4O3. The quantitative estimate of drug-likeness (QED) is 0.712. The molecule has 128 valence electrons. The van der Waals surface area contributed by atoms with Gasteiger partial charge in [0.25, 0.3) is 11.8 Å². The average molecular weight is 330 g/mol. The van der Waals surface area contributed by atoms with Gasteiger partial charge in [-0.2, -0.15) is 0 Å². The fourth-order valence-corrected chi connectivity index (χ4v) is 2.05. The van der Waals surface area contributed by atoms with Gasteiger partial charge >= 0.3 is 0 Å². The minimum atomic E-state index is -0.353. The molecule has 0 atom stereocenters. The number of nitrogens with one attached hydrogen (secondary N) is 2. The predicted molar refractivity (Wildman–Crippen MR) is 89.6 cm³/mol. The van der Waals surface area contributed by atoms with E-state index in [-0.39, 0.29) is 29.7 Å². The maximum Gasteiger partial charge on any atom is 0.270 e. The Hall–Kier alpha value is -2.67. The number of hydrogen-bond donors (Lipinski definition) is 2. The van der Waals surface area contributed by atoms with Gasteiger partial charge < -0.3 is 20.0 Å². The number of amides is 2. The second-order valence-corrected chi connectivity index (χ2v) is 5.58. The van der Waals surface area contributed by atoms with Crippen molar-refractivity contribution in [3.8, 4) is 0 Å². The van der Waals surface area contributed by atoms with Crippen molar-refractivity contribution >= 4 is 11.8 Å². The molecule has 0 aliphatic carbocycles. The fourth-order valence-electron chi connectivity index (χ4n) is 2.05. The molecular weight excluding hydrogens is 308 g/mol. The Bertz CT molecular complexity index is 668. The molecule has 0 aromatic carbocycles. The largest absolute Gasteiger partial charge is 0.467 e. The van der Waals surface area contributed by atoms with E-state index in [4.69, 9.17) is 4.42 Å². The second kappa shape index (κ2) is 8.83. The molecule has 7 heteroatoms. The van der Waals surface area contributed by atoms with Crippen molar-refractivity contribution in [3.05, 3.63) is 53.7 Å². The van der Waals surface area contributed by atoms with Crippen LogP contribution in [0.3, 0.4) is 0 Å². The maximum absolute atomic E-state index is 12.1. The summed E-state index contributed by atoms with van der Waals surface area (Å²) in [5.74, 6) is 0.0150. The van der Waals surface area contributed by atoms with Crippen LogP contribution in [0.4, 0.5) is 0 Å². The smallest absolute Gasteiger partial charge is 0.270 e. The zero-order valence-corrected chi connectivity index (χ0v) is 13.9. The van der Waals surface area contributed by atoms with E-state index in [1.54, 1.807) is 36.6 Å². The van der Waals surface area contributed by atoms with Gasteiger partial charge in [0.05, 0.1) is 12.8 Å². The zero-order valence-electron chi connectivity index (χ0n) is 13.9. The molecule has 0 bridgehead atoms. The van der Waals surface area contributed by atoms with E-state index in [0.29, 0.717) is 12.3 Å². The number of aromatic nitrogens is 1. The highest BCUT2D eigenvalue weighted by Gasteiger charge is 2.12. The lowest BCUT2D eigenvalue weighted by atomic mass is 10.2. The third-order valence-electron chi connectivity index (χ3n) is 3.29. The second-order valence-electron chi connectivity index (χ2n) is 5.58. The van der Waals surface area contributed by atoms with Crippen LogP contribution in [0.1, 0.15) is 33.2 Å². The standard InChI is InChI=1S/C17H22N4O3/c1-21(2)10-5-9-18-16(22)14-7-3-8-15(20-14)17(23)19-12-13-6-4-11-24-13/h3-4,6-8,11H,5,9-10,12H2,1-2H3,(H,18,22)(H,19,23). The van der Waals surface area contributed by atoms with E-state index >= 15 is 0 Å². The van der Waals surface area contributed by atoms with Gasteiger partial charge in [-0.3, -0.25) is 9.59 Å². The van der Waals surface area contributed by atoms with Crippen molar-refractivity contribution in [3.63, 3.8) is 0 Å². The summed E-state index contributed by atoms with van der Waals surface area (Å²) in [7, 11) is 3.96. The monoisotopic (exact) mass is 330 g/mol. The number of pyridine rings is 1. The van der Waals surface area contributed by atoms with E-state index < -0.39 is 0 Å². The van der Waals surface area contributed by atoms with E-state index in [2.05, 4.69) is 15.6 Å². The lowest BCUT2D eigenvalue weighted by Crippen LogP contribution is -2.29. The molecule has 0 saturated heterocycles. The van der Waals surface area contributed by atoms with Gasteiger partial charge in [-0.25, -0.2) is 4.98 Å². The first-order valence-electron chi connectivity index (χ1n) is 7.77. The molecule has 0 unspecified atom stereocenters. The summed E-state index contributed by atoms with van der Waals surface area (Å²) in [5, 5.41) is 5.50. The summed E-state index contributed by atoms with van der Waals surface area (Å²) < 4.78 is 5.15. The molecule has 0 saturated carbocycles. The number of hydrogen-bond acceptors (Lipinski definition) is 5. The van der Waals surface area contributed by atoms with Gasteiger partial charge in [-0.1, -0.05) is 6.07 Å². The van der Waals surface area contributed by atoms with Crippen molar-refractivity contribution in [1.29, 1.82) is 0 Å². The topological polar surface area (TPSA) is 87.5 Å². The van der Waals surface area contributed by atoms with Crippen molar-refractivity contribution in [2.24, 2.45) is 0 Å². The first-order valence-corrected chi connectivity index (χ1v) is 7.77. The van der Waals surface area contributed by atoms with Crippen LogP contribution in [0.5, 0.6) is 0 Å². The Morgan fingerprint density at radius 2 is 1.79 bits per heavy atom. The van der Waals surface area contributed by atoms with Crippen molar-refractivity contribution in [1.82, 2.24) is 20.5 Å². The molecule has 0 aliphatic rings. The maximum atomic E-state index is 12.1. The molecule has 24 heavy (non-hydrogen) atoms. The van der Waals surface area contributed by atoms with Crippen LogP contribution in [0.25, 0.3) is 0 Å². The molecule has 2 aromatic rings. The summed E-state index contributed by atoms with van der Waals surface area (Å²) >= 11 is 0. The molecule has 2 amide bonds. The fraction of sp³-hybridized carbons (Fsp3) is 0.353. The number of carbonyl (C=O) groups excluding carboxylic acids is 2. The van der Waals surface area contributed by atoms with Crippen molar-refractivity contribution < 1.29 is 14.0 Å². The average Bonchev–Trinajstić information content (AvgIpc) is 3.10. The number of rotatable bonds is 8. The zero-order chi connectivity index (χ0) is 17.4. The van der Waals surface area contributed by atoms with Gasteiger partial charge in [0, 0.05) is 6.54 Å². The molecule has 0 radical (unpaired) electrons. The Morgan fingerprint density at radius 3 is 2.42 bits per heavy atom. The Balaban J connectivity index is 1.87. The van der Waals surface area contributed by atoms with E-state index in [1.165, 1.54) is 0 Å². The molecule has 7 nitrogen and oxygen atoms in total. The number of nitrogens with zero attached hydrogens (tertiary/aromatic N) is 2. The highest BCUT2D eigenvalue weighted by atomic mass is 16.3. The van der Waals surface area contributed by atoms with Crippen LogP contribution in [-0.2, 0) is 6.54 Å². The third kappa shape index (κ3) is 5.51. The third-order valence-corrected chi connectivity index (χ3v) is 3.29. The van der Waals surface area contributed by atoms with Gasteiger partial charge in [0.1, 0.15) is 17.1 Å². The molecule has 0 aliphatic heterocycles. The van der Waals surface area contributed by atoms with E-state index in [0.717, 1.165) is 13.0 Å². The predicted octanol–water partition coefficient (Wildman–Crippen LogP) is 1.29. The van der Waals surface area contributed by atoms with Crippen LogP contribution in [-0.4, -0.2) is 48.9 Å². The Kier molecular flexibility index (Phi) is 6.51. The normalized spacial score (nSPS) is 10.6. The van der Waals surface area contributed by atoms with Gasteiger partial charge in [0.2, 0.25) is 0 Å². The number of carbonyl (C=O) groups is 2. The summed E-state index contributed by atoms with van der Waals surface area (Å²) in [4.78, 5) is 30.3. The molecule has 2 N–H and O–H groups in total. The lowest BCUT2D eigenvalue weighted by Gasteiger charge is -2.10. The van der Waals surface area contributed by atoms with Gasteiger partial charge in [-0.15, -0.1) is 0 Å². The molecule has 0 spiro atoms. The van der Waals surface area contributed by atoms with Crippen LogP contribution in [0, 0.1) is 0 Å². The summed E-state index contributed by atoms with van der Waals surface area (Å²) in [5.41, 5.74) is 0.424. The van der Waals surface area contributed by atoms with E-state index in [1.807, 2.05) is 19.0 Å². The highest BCUT2D eigenvalue weighted by molar-refractivity contribution is 5.96. The van der Waals surface area contributed by atoms with Crippen LogP contribution < -0.4 is 10.6 Å². The first kappa shape index (κ1) is 17.7. The SMILES string of the molecule is CN(C)CCCNC(=O)c1cccc(C(=O)NCc2ccco2)n1. The Labute approximate surface area is 141 Å². The first-order chi connectivity index (χ1) is 11.6. The van der Waals surface area contributed by atoms with Gasteiger partial charge in [0.15, 0.2) is 0 Å². The van der Waals surface area contributed by atoms with E-state index in [9.17, 15) is 9.59 Å². The lowest BCUT2D eigenvalue weighted by molar-refractivity contribution is 0.0940. The summed E-state index contributed by atoms with van der Waals surface area (Å²) in [6.07, 6.45) is 2.39. The minimum Gasteiger partial charge on any atom is -0.467 e. The molecule has 2 aromatic heterocycles. The molecule has 0 fully saturated rings. The Morgan fingerprint density at radius 1 is 1.08 bits per heavy atom. The van der Waals surface area contributed by atoms with Crippen LogP contribution in [0.15, 0.2) is 41.0 Å². The van der Waals surface area contributed by atoms with Crippen LogP contribution >= 0.6 is 0 Å².